The number of aryl methyl sites for hydroxylation is 1. The third kappa shape index (κ3) is 3.39. The summed E-state index contributed by atoms with van der Waals surface area (Å²) in [6.45, 7) is 2.50. The summed E-state index contributed by atoms with van der Waals surface area (Å²) in [6, 6.07) is 4.68. The standard InChI is InChI=1S/C15H19FO2/c1-11-5-6-12(10-14(11)16)15(17)8-7-13-4-2-3-9-18-13/h5-6,10,13H,2-4,7-9H2,1H3. The van der Waals surface area contributed by atoms with Crippen LogP contribution in [0, 0.1) is 12.7 Å². The van der Waals surface area contributed by atoms with Crippen LogP contribution in [0.5, 0.6) is 0 Å². The van der Waals surface area contributed by atoms with Crippen LogP contribution in [0.3, 0.4) is 0 Å². The van der Waals surface area contributed by atoms with Gasteiger partial charge >= 0.3 is 0 Å². The molecule has 1 aromatic carbocycles. The molecule has 2 nitrogen and oxygen atoms in total. The Bertz CT molecular complexity index is 423. The molecule has 1 aromatic rings. The Balaban J connectivity index is 1.88. The van der Waals surface area contributed by atoms with E-state index in [9.17, 15) is 9.18 Å². The van der Waals surface area contributed by atoms with Crippen LogP contribution in [-0.4, -0.2) is 18.5 Å². The van der Waals surface area contributed by atoms with Crippen LogP contribution in [0.4, 0.5) is 4.39 Å². The molecule has 1 aliphatic heterocycles. The molecule has 0 radical (unpaired) electrons. The molecule has 1 heterocycles. The summed E-state index contributed by atoms with van der Waals surface area (Å²) in [6.07, 6.45) is 4.72. The topological polar surface area (TPSA) is 26.3 Å². The quantitative estimate of drug-likeness (QED) is 0.762. The molecule has 0 saturated carbocycles. The number of Topliss-reactive ketones (excluding diaryl/α,β-unsaturated/α-hetero) is 1. The van der Waals surface area contributed by atoms with Crippen molar-refractivity contribution in [2.24, 2.45) is 0 Å². The van der Waals surface area contributed by atoms with E-state index in [1.807, 2.05) is 0 Å². The zero-order valence-electron chi connectivity index (χ0n) is 10.7. The van der Waals surface area contributed by atoms with Gasteiger partial charge in [-0.25, -0.2) is 4.39 Å². The van der Waals surface area contributed by atoms with Crippen LogP contribution in [0.1, 0.15) is 48.0 Å². The fraction of sp³-hybridized carbons (Fsp3) is 0.533. The Morgan fingerprint density at radius 3 is 2.94 bits per heavy atom. The maximum absolute atomic E-state index is 13.4. The van der Waals surface area contributed by atoms with Crippen molar-refractivity contribution in [3.05, 3.63) is 35.1 Å². The predicted molar refractivity (Wildman–Crippen MR) is 68.3 cm³/mol. The molecule has 1 aliphatic rings. The van der Waals surface area contributed by atoms with E-state index in [-0.39, 0.29) is 17.7 Å². The number of carbonyl (C=O) groups excluding carboxylic acids is 1. The lowest BCUT2D eigenvalue weighted by atomic mass is 9.99. The summed E-state index contributed by atoms with van der Waals surface area (Å²) in [5.74, 6) is -0.308. The lowest BCUT2D eigenvalue weighted by Crippen LogP contribution is -2.20. The highest BCUT2D eigenvalue weighted by atomic mass is 19.1. The highest BCUT2D eigenvalue weighted by molar-refractivity contribution is 5.96. The predicted octanol–water partition coefficient (Wildman–Crippen LogP) is 3.67. The number of ketones is 1. The molecule has 1 atom stereocenters. The number of ether oxygens (including phenoxy) is 1. The zero-order valence-corrected chi connectivity index (χ0v) is 10.7. The van der Waals surface area contributed by atoms with Crippen molar-refractivity contribution >= 4 is 5.78 Å². The molecule has 1 fully saturated rings. The van der Waals surface area contributed by atoms with Crippen LogP contribution in [0.2, 0.25) is 0 Å². The maximum atomic E-state index is 13.4. The highest BCUT2D eigenvalue weighted by Crippen LogP contribution is 2.19. The molecular formula is C15H19FO2. The fourth-order valence-corrected chi connectivity index (χ4v) is 2.24. The van der Waals surface area contributed by atoms with Gasteiger partial charge in [-0.3, -0.25) is 4.79 Å². The third-order valence-electron chi connectivity index (χ3n) is 3.46. The molecule has 0 N–H and O–H groups in total. The molecular weight excluding hydrogens is 231 g/mol. The molecule has 0 aromatic heterocycles. The van der Waals surface area contributed by atoms with E-state index in [1.54, 1.807) is 19.1 Å². The van der Waals surface area contributed by atoms with Gasteiger partial charge in [-0.1, -0.05) is 12.1 Å². The van der Waals surface area contributed by atoms with Crippen molar-refractivity contribution in [1.82, 2.24) is 0 Å². The van der Waals surface area contributed by atoms with Crippen molar-refractivity contribution in [2.45, 2.75) is 45.1 Å². The van der Waals surface area contributed by atoms with Gasteiger partial charge in [0.05, 0.1) is 6.10 Å². The fourth-order valence-electron chi connectivity index (χ4n) is 2.24. The van der Waals surface area contributed by atoms with E-state index in [4.69, 9.17) is 4.74 Å². The second-order valence-corrected chi connectivity index (χ2v) is 4.91. The number of rotatable bonds is 4. The third-order valence-corrected chi connectivity index (χ3v) is 3.46. The normalized spacial score (nSPS) is 19.8. The first-order chi connectivity index (χ1) is 8.66. The smallest absolute Gasteiger partial charge is 0.163 e. The van der Waals surface area contributed by atoms with Crippen LogP contribution < -0.4 is 0 Å². The number of carbonyl (C=O) groups is 1. The maximum Gasteiger partial charge on any atom is 0.163 e. The summed E-state index contributed by atoms with van der Waals surface area (Å²) in [5.41, 5.74) is 1.04. The molecule has 3 heteroatoms. The Morgan fingerprint density at radius 2 is 2.28 bits per heavy atom. The molecule has 0 bridgehead atoms. The Kier molecular flexibility index (Phi) is 4.48. The first kappa shape index (κ1) is 13.2. The minimum Gasteiger partial charge on any atom is -0.378 e. The monoisotopic (exact) mass is 250 g/mol. The number of hydrogen-bond donors (Lipinski definition) is 0. The van der Waals surface area contributed by atoms with E-state index in [2.05, 4.69) is 0 Å². The van der Waals surface area contributed by atoms with Crippen molar-refractivity contribution in [3.63, 3.8) is 0 Å². The van der Waals surface area contributed by atoms with Gasteiger partial charge in [-0.05, 0) is 44.2 Å². The second-order valence-electron chi connectivity index (χ2n) is 4.91. The first-order valence-electron chi connectivity index (χ1n) is 6.58. The summed E-state index contributed by atoms with van der Waals surface area (Å²) >= 11 is 0. The van der Waals surface area contributed by atoms with E-state index in [0.29, 0.717) is 17.5 Å². The van der Waals surface area contributed by atoms with Gasteiger partial charge in [0.1, 0.15) is 5.82 Å². The van der Waals surface area contributed by atoms with Crippen molar-refractivity contribution < 1.29 is 13.9 Å². The van der Waals surface area contributed by atoms with E-state index >= 15 is 0 Å². The highest BCUT2D eigenvalue weighted by Gasteiger charge is 2.16. The number of halogens is 1. The van der Waals surface area contributed by atoms with Crippen molar-refractivity contribution in [2.75, 3.05) is 6.61 Å². The van der Waals surface area contributed by atoms with Crippen LogP contribution >= 0.6 is 0 Å². The Morgan fingerprint density at radius 1 is 1.44 bits per heavy atom. The summed E-state index contributed by atoms with van der Waals surface area (Å²) in [4.78, 5) is 11.9. The van der Waals surface area contributed by atoms with Crippen LogP contribution in [-0.2, 0) is 4.74 Å². The van der Waals surface area contributed by atoms with Gasteiger partial charge in [0, 0.05) is 18.6 Å². The first-order valence-corrected chi connectivity index (χ1v) is 6.58. The lowest BCUT2D eigenvalue weighted by Gasteiger charge is -2.22. The average Bonchev–Trinajstić information content (AvgIpc) is 2.40. The molecule has 18 heavy (non-hydrogen) atoms. The summed E-state index contributed by atoms with van der Waals surface area (Å²) in [7, 11) is 0. The molecule has 98 valence electrons. The summed E-state index contributed by atoms with van der Waals surface area (Å²) in [5, 5.41) is 0. The average molecular weight is 250 g/mol. The minimum absolute atomic E-state index is 0.00285. The van der Waals surface area contributed by atoms with Crippen LogP contribution in [0.25, 0.3) is 0 Å². The zero-order chi connectivity index (χ0) is 13.0. The van der Waals surface area contributed by atoms with E-state index in [0.717, 1.165) is 25.9 Å². The van der Waals surface area contributed by atoms with E-state index < -0.39 is 0 Å². The largest absolute Gasteiger partial charge is 0.378 e. The number of hydrogen-bond acceptors (Lipinski definition) is 2. The molecule has 2 rings (SSSR count). The molecule has 0 spiro atoms. The molecule has 0 aliphatic carbocycles. The van der Waals surface area contributed by atoms with Gasteiger partial charge in [-0.2, -0.15) is 0 Å². The summed E-state index contributed by atoms with van der Waals surface area (Å²) < 4.78 is 18.9. The lowest BCUT2D eigenvalue weighted by molar-refractivity contribution is 0.0104. The van der Waals surface area contributed by atoms with Gasteiger partial charge in [0.15, 0.2) is 5.78 Å². The van der Waals surface area contributed by atoms with Crippen molar-refractivity contribution in [3.8, 4) is 0 Å². The molecule has 1 saturated heterocycles. The van der Waals surface area contributed by atoms with Crippen LogP contribution in [0.15, 0.2) is 18.2 Å². The van der Waals surface area contributed by atoms with Gasteiger partial charge in [0.2, 0.25) is 0 Å². The Labute approximate surface area is 107 Å². The van der Waals surface area contributed by atoms with Gasteiger partial charge in [-0.15, -0.1) is 0 Å². The van der Waals surface area contributed by atoms with Gasteiger partial charge < -0.3 is 4.74 Å². The van der Waals surface area contributed by atoms with E-state index in [1.165, 1.54) is 12.5 Å². The SMILES string of the molecule is Cc1ccc(C(=O)CCC2CCCCO2)cc1F. The molecule has 0 amide bonds. The minimum atomic E-state index is -0.310. The second kappa shape index (κ2) is 6.10. The number of benzene rings is 1. The molecule has 1 unspecified atom stereocenters. The Hall–Kier alpha value is -1.22. The van der Waals surface area contributed by atoms with Gasteiger partial charge in [0.25, 0.3) is 0 Å². The van der Waals surface area contributed by atoms with Crippen molar-refractivity contribution in [1.29, 1.82) is 0 Å².